The summed E-state index contributed by atoms with van der Waals surface area (Å²) in [5, 5.41) is 2.89. The summed E-state index contributed by atoms with van der Waals surface area (Å²) in [6.07, 6.45) is 0. The van der Waals surface area contributed by atoms with Crippen molar-refractivity contribution < 1.29 is 18.7 Å². The molecule has 0 saturated heterocycles. The molecule has 0 spiro atoms. The first-order valence-electron chi connectivity index (χ1n) is 7.33. The number of amides is 1. The van der Waals surface area contributed by atoms with Gasteiger partial charge >= 0.3 is 0 Å². The average Bonchev–Trinajstić information content (AvgIpc) is 2.98. The standard InChI is InChI=1S/C17H16ClFN2O3/c1-21(8-11-2-5-15-16(6-11)24-10-23-15)9-17(22)20-14-7-12(18)3-4-13(14)19/h2-7H,8-10H2,1H3,(H,20,22). The Kier molecular flexibility index (Phi) is 4.87. The van der Waals surface area contributed by atoms with Gasteiger partial charge in [-0.3, -0.25) is 9.69 Å². The lowest BCUT2D eigenvalue weighted by atomic mass is 10.2. The molecule has 7 heteroatoms. The largest absolute Gasteiger partial charge is 0.454 e. The molecule has 1 aliphatic rings. The number of halogens is 2. The predicted octanol–water partition coefficient (Wildman–Crippen LogP) is 3.28. The van der Waals surface area contributed by atoms with Gasteiger partial charge in [0.05, 0.1) is 12.2 Å². The molecule has 2 aromatic rings. The number of nitrogens with one attached hydrogen (secondary N) is 1. The molecule has 2 aromatic carbocycles. The smallest absolute Gasteiger partial charge is 0.238 e. The lowest BCUT2D eigenvalue weighted by molar-refractivity contribution is -0.117. The van der Waals surface area contributed by atoms with Gasteiger partial charge in [-0.15, -0.1) is 0 Å². The van der Waals surface area contributed by atoms with Crippen LogP contribution in [-0.2, 0) is 11.3 Å². The van der Waals surface area contributed by atoms with E-state index in [4.69, 9.17) is 21.1 Å². The van der Waals surface area contributed by atoms with Crippen molar-refractivity contribution >= 4 is 23.2 Å². The Morgan fingerprint density at radius 3 is 2.88 bits per heavy atom. The molecule has 0 aliphatic carbocycles. The SMILES string of the molecule is CN(CC(=O)Nc1cc(Cl)ccc1F)Cc1ccc2c(c1)OCO2. The van der Waals surface area contributed by atoms with Crippen LogP contribution in [0.2, 0.25) is 5.02 Å². The Bertz CT molecular complexity index is 769. The zero-order valence-electron chi connectivity index (χ0n) is 13.0. The summed E-state index contributed by atoms with van der Waals surface area (Å²) in [6.45, 7) is 0.880. The molecular formula is C17H16ClFN2O3. The fourth-order valence-electron chi connectivity index (χ4n) is 2.44. The number of fused-ring (bicyclic) bond motifs is 1. The number of hydrogen-bond donors (Lipinski definition) is 1. The van der Waals surface area contributed by atoms with Gasteiger partial charge < -0.3 is 14.8 Å². The predicted molar refractivity (Wildman–Crippen MR) is 88.9 cm³/mol. The molecule has 0 unspecified atom stereocenters. The Morgan fingerprint density at radius 2 is 2.04 bits per heavy atom. The van der Waals surface area contributed by atoms with Crippen LogP contribution >= 0.6 is 11.6 Å². The zero-order valence-corrected chi connectivity index (χ0v) is 13.8. The first-order chi connectivity index (χ1) is 11.5. The fourth-order valence-corrected chi connectivity index (χ4v) is 2.61. The van der Waals surface area contributed by atoms with Crippen molar-refractivity contribution in [3.05, 3.63) is 52.8 Å². The highest BCUT2D eigenvalue weighted by molar-refractivity contribution is 6.30. The summed E-state index contributed by atoms with van der Waals surface area (Å²) in [6, 6.07) is 9.66. The lowest BCUT2D eigenvalue weighted by Crippen LogP contribution is -2.30. The molecule has 1 heterocycles. The van der Waals surface area contributed by atoms with Gasteiger partial charge in [0.2, 0.25) is 12.7 Å². The van der Waals surface area contributed by atoms with E-state index in [-0.39, 0.29) is 24.9 Å². The summed E-state index contributed by atoms with van der Waals surface area (Å²) >= 11 is 5.81. The van der Waals surface area contributed by atoms with Gasteiger partial charge in [-0.1, -0.05) is 17.7 Å². The first-order valence-corrected chi connectivity index (χ1v) is 7.71. The van der Waals surface area contributed by atoms with Crippen LogP contribution in [0.25, 0.3) is 0 Å². The summed E-state index contributed by atoms with van der Waals surface area (Å²) in [4.78, 5) is 13.9. The normalized spacial score (nSPS) is 12.5. The van der Waals surface area contributed by atoms with E-state index in [1.54, 1.807) is 7.05 Å². The van der Waals surface area contributed by atoms with Crippen molar-refractivity contribution in [2.24, 2.45) is 0 Å². The molecule has 126 valence electrons. The Morgan fingerprint density at radius 1 is 1.25 bits per heavy atom. The number of rotatable bonds is 5. The summed E-state index contributed by atoms with van der Waals surface area (Å²) < 4.78 is 24.2. The average molecular weight is 351 g/mol. The van der Waals surface area contributed by atoms with Gasteiger partial charge in [-0.05, 0) is 42.9 Å². The maximum Gasteiger partial charge on any atom is 0.238 e. The molecule has 0 radical (unpaired) electrons. The van der Waals surface area contributed by atoms with Crippen molar-refractivity contribution in [1.29, 1.82) is 0 Å². The molecule has 5 nitrogen and oxygen atoms in total. The highest BCUT2D eigenvalue weighted by Gasteiger charge is 2.15. The number of nitrogens with zero attached hydrogens (tertiary/aromatic N) is 1. The van der Waals surface area contributed by atoms with E-state index in [2.05, 4.69) is 5.32 Å². The van der Waals surface area contributed by atoms with Crippen LogP contribution in [0.1, 0.15) is 5.56 Å². The Hall–Kier alpha value is -2.31. The van der Waals surface area contributed by atoms with Crippen molar-refractivity contribution in [2.45, 2.75) is 6.54 Å². The van der Waals surface area contributed by atoms with Crippen LogP contribution in [0, 0.1) is 5.82 Å². The minimum atomic E-state index is -0.522. The Balaban J connectivity index is 1.57. The van der Waals surface area contributed by atoms with Crippen LogP contribution in [0.3, 0.4) is 0 Å². The highest BCUT2D eigenvalue weighted by atomic mass is 35.5. The van der Waals surface area contributed by atoms with Crippen LogP contribution in [0.4, 0.5) is 10.1 Å². The molecule has 0 fully saturated rings. The van der Waals surface area contributed by atoms with Crippen LogP contribution in [0.15, 0.2) is 36.4 Å². The van der Waals surface area contributed by atoms with Crippen LogP contribution < -0.4 is 14.8 Å². The number of carbonyl (C=O) groups is 1. The maximum absolute atomic E-state index is 13.6. The van der Waals surface area contributed by atoms with Gasteiger partial charge in [0.25, 0.3) is 0 Å². The fraction of sp³-hybridized carbons (Fsp3) is 0.235. The molecule has 1 N–H and O–H groups in total. The summed E-state index contributed by atoms with van der Waals surface area (Å²) in [5.74, 6) is 0.576. The second-order valence-corrected chi connectivity index (χ2v) is 5.97. The molecule has 1 amide bonds. The first kappa shape index (κ1) is 16.5. The third kappa shape index (κ3) is 3.96. The second-order valence-electron chi connectivity index (χ2n) is 5.53. The van der Waals surface area contributed by atoms with E-state index in [0.29, 0.717) is 17.3 Å². The summed E-state index contributed by atoms with van der Waals surface area (Å²) in [7, 11) is 1.80. The van der Waals surface area contributed by atoms with Gasteiger partial charge in [0.15, 0.2) is 11.5 Å². The summed E-state index contributed by atoms with van der Waals surface area (Å²) in [5.41, 5.74) is 1.06. The van der Waals surface area contributed by atoms with Gasteiger partial charge in [-0.25, -0.2) is 4.39 Å². The number of anilines is 1. The topological polar surface area (TPSA) is 50.8 Å². The molecule has 0 aromatic heterocycles. The van der Waals surface area contributed by atoms with E-state index in [9.17, 15) is 9.18 Å². The molecule has 0 bridgehead atoms. The molecule has 0 saturated carbocycles. The molecular weight excluding hydrogens is 335 g/mol. The van der Waals surface area contributed by atoms with E-state index in [1.165, 1.54) is 18.2 Å². The number of benzene rings is 2. The zero-order chi connectivity index (χ0) is 17.1. The van der Waals surface area contributed by atoms with E-state index < -0.39 is 5.82 Å². The van der Waals surface area contributed by atoms with Crippen LogP contribution in [0.5, 0.6) is 11.5 Å². The van der Waals surface area contributed by atoms with Crippen molar-refractivity contribution in [1.82, 2.24) is 4.90 Å². The molecule has 1 aliphatic heterocycles. The van der Waals surface area contributed by atoms with E-state index >= 15 is 0 Å². The highest BCUT2D eigenvalue weighted by Crippen LogP contribution is 2.32. The van der Waals surface area contributed by atoms with Gasteiger partial charge in [0, 0.05) is 11.6 Å². The third-order valence-electron chi connectivity index (χ3n) is 3.51. The number of ether oxygens (including phenoxy) is 2. The number of likely N-dealkylation sites (N-methyl/N-ethyl adjacent to an activating group) is 1. The van der Waals surface area contributed by atoms with Crippen molar-refractivity contribution in [3.8, 4) is 11.5 Å². The van der Waals surface area contributed by atoms with Crippen LogP contribution in [-0.4, -0.2) is 31.2 Å². The van der Waals surface area contributed by atoms with Crippen molar-refractivity contribution in [2.75, 3.05) is 25.7 Å². The van der Waals surface area contributed by atoms with Gasteiger partial charge in [0.1, 0.15) is 5.82 Å². The Labute approximate surface area is 143 Å². The minimum Gasteiger partial charge on any atom is -0.454 e. The number of hydrogen-bond acceptors (Lipinski definition) is 4. The van der Waals surface area contributed by atoms with Gasteiger partial charge in [-0.2, -0.15) is 0 Å². The monoisotopic (exact) mass is 350 g/mol. The lowest BCUT2D eigenvalue weighted by Gasteiger charge is -2.17. The minimum absolute atomic E-state index is 0.0731. The number of carbonyl (C=O) groups excluding carboxylic acids is 1. The molecule has 24 heavy (non-hydrogen) atoms. The van der Waals surface area contributed by atoms with E-state index in [0.717, 1.165) is 11.3 Å². The molecule has 3 rings (SSSR count). The molecule has 0 atom stereocenters. The van der Waals surface area contributed by atoms with Crippen molar-refractivity contribution in [3.63, 3.8) is 0 Å². The third-order valence-corrected chi connectivity index (χ3v) is 3.74. The maximum atomic E-state index is 13.6. The quantitative estimate of drug-likeness (QED) is 0.899. The second kappa shape index (κ2) is 7.07. The van der Waals surface area contributed by atoms with E-state index in [1.807, 2.05) is 23.1 Å².